The van der Waals surface area contributed by atoms with E-state index in [-0.39, 0.29) is 16.9 Å². The minimum absolute atomic E-state index is 0.0658. The monoisotopic (exact) mass is 262 g/mol. The molecule has 0 saturated carbocycles. The lowest BCUT2D eigenvalue weighted by Crippen LogP contribution is -2.23. The summed E-state index contributed by atoms with van der Waals surface area (Å²) in [6.07, 6.45) is 1.68. The molecule has 0 bridgehead atoms. The normalized spacial score (nSPS) is 18.1. The van der Waals surface area contributed by atoms with Crippen molar-refractivity contribution in [2.45, 2.75) is 17.1 Å². The van der Waals surface area contributed by atoms with Gasteiger partial charge < -0.3 is 5.32 Å². The molecule has 1 aliphatic heterocycles. The van der Waals surface area contributed by atoms with E-state index in [9.17, 15) is 9.59 Å². The van der Waals surface area contributed by atoms with Crippen LogP contribution in [-0.2, 0) is 4.79 Å². The van der Waals surface area contributed by atoms with Crippen molar-refractivity contribution in [3.05, 3.63) is 29.8 Å². The SMILES string of the molecule is CC(=O)NCCN=CC1Sc2ccccc2C1=O. The number of benzene rings is 1. The Balaban J connectivity index is 1.88. The largest absolute Gasteiger partial charge is 0.354 e. The van der Waals surface area contributed by atoms with Crippen LogP contribution in [0.3, 0.4) is 0 Å². The van der Waals surface area contributed by atoms with Crippen LogP contribution in [0.4, 0.5) is 0 Å². The average Bonchev–Trinajstić information content (AvgIpc) is 2.66. The number of ketones is 1. The molecule has 0 aromatic heterocycles. The maximum Gasteiger partial charge on any atom is 0.216 e. The number of carbonyl (C=O) groups is 2. The van der Waals surface area contributed by atoms with E-state index < -0.39 is 0 Å². The molecule has 94 valence electrons. The van der Waals surface area contributed by atoms with E-state index in [0.717, 1.165) is 10.5 Å². The van der Waals surface area contributed by atoms with Crippen molar-refractivity contribution in [3.63, 3.8) is 0 Å². The van der Waals surface area contributed by atoms with Gasteiger partial charge in [-0.1, -0.05) is 18.2 Å². The summed E-state index contributed by atoms with van der Waals surface area (Å²) in [4.78, 5) is 27.8. The molecule has 0 fully saturated rings. The third-order valence-electron chi connectivity index (χ3n) is 2.52. The van der Waals surface area contributed by atoms with E-state index in [1.165, 1.54) is 18.7 Å². The maximum absolute atomic E-state index is 12.0. The van der Waals surface area contributed by atoms with Crippen LogP contribution in [0, 0.1) is 0 Å². The molecule has 0 spiro atoms. The second-order valence-corrected chi connectivity index (χ2v) is 5.12. The quantitative estimate of drug-likeness (QED) is 0.661. The van der Waals surface area contributed by atoms with Gasteiger partial charge in [0.25, 0.3) is 0 Å². The second-order valence-electron chi connectivity index (χ2n) is 3.94. The highest BCUT2D eigenvalue weighted by Crippen LogP contribution is 2.35. The van der Waals surface area contributed by atoms with E-state index in [1.54, 1.807) is 6.21 Å². The number of rotatable bonds is 4. The van der Waals surface area contributed by atoms with Crippen LogP contribution in [0.5, 0.6) is 0 Å². The highest BCUT2D eigenvalue weighted by molar-refractivity contribution is 8.02. The number of amides is 1. The summed E-state index contributed by atoms with van der Waals surface area (Å²) in [6, 6.07) is 7.59. The Kier molecular flexibility index (Phi) is 4.15. The number of aliphatic imine (C=N–C) groups is 1. The van der Waals surface area contributed by atoms with Crippen molar-refractivity contribution in [1.29, 1.82) is 0 Å². The molecule has 2 rings (SSSR count). The van der Waals surface area contributed by atoms with Gasteiger partial charge in [-0.15, -0.1) is 11.8 Å². The van der Waals surface area contributed by atoms with Crippen LogP contribution in [-0.4, -0.2) is 36.2 Å². The summed E-state index contributed by atoms with van der Waals surface area (Å²) in [7, 11) is 0. The first-order valence-corrected chi connectivity index (χ1v) is 6.61. The van der Waals surface area contributed by atoms with Crippen molar-refractivity contribution in [1.82, 2.24) is 5.32 Å². The third-order valence-corrected chi connectivity index (χ3v) is 3.72. The maximum atomic E-state index is 12.0. The molecule has 1 aromatic rings. The molecule has 4 nitrogen and oxygen atoms in total. The molecule has 1 aliphatic rings. The number of Topliss-reactive ketones (excluding diaryl/α,β-unsaturated/α-hetero) is 1. The predicted molar refractivity (Wildman–Crippen MR) is 72.5 cm³/mol. The summed E-state index contributed by atoms with van der Waals surface area (Å²) in [6.45, 7) is 2.47. The van der Waals surface area contributed by atoms with Crippen molar-refractivity contribution in [2.24, 2.45) is 4.99 Å². The molecular weight excluding hydrogens is 248 g/mol. The molecule has 5 heteroatoms. The molecule has 1 unspecified atom stereocenters. The van der Waals surface area contributed by atoms with Gasteiger partial charge in [0, 0.05) is 30.1 Å². The van der Waals surface area contributed by atoms with E-state index in [0.29, 0.717) is 13.1 Å². The average molecular weight is 262 g/mol. The molecule has 1 N–H and O–H groups in total. The van der Waals surface area contributed by atoms with Crippen molar-refractivity contribution >= 4 is 29.7 Å². The number of carbonyl (C=O) groups excluding carboxylic acids is 2. The predicted octanol–water partition coefficient (Wildman–Crippen LogP) is 1.55. The highest BCUT2D eigenvalue weighted by atomic mass is 32.2. The number of thioether (sulfide) groups is 1. The first-order chi connectivity index (χ1) is 8.68. The fourth-order valence-electron chi connectivity index (χ4n) is 1.68. The molecule has 0 aliphatic carbocycles. The molecule has 0 radical (unpaired) electrons. The van der Waals surface area contributed by atoms with Gasteiger partial charge in [-0.25, -0.2) is 0 Å². The Hall–Kier alpha value is -1.62. The fraction of sp³-hybridized carbons (Fsp3) is 0.308. The van der Waals surface area contributed by atoms with Crippen LogP contribution in [0.2, 0.25) is 0 Å². The minimum Gasteiger partial charge on any atom is -0.354 e. The first-order valence-electron chi connectivity index (χ1n) is 5.73. The summed E-state index contributed by atoms with van der Waals surface area (Å²) < 4.78 is 0. The van der Waals surface area contributed by atoms with Gasteiger partial charge in [0.15, 0.2) is 5.78 Å². The summed E-state index contributed by atoms with van der Waals surface area (Å²) in [5, 5.41) is 2.43. The van der Waals surface area contributed by atoms with Crippen LogP contribution in [0.25, 0.3) is 0 Å². The summed E-state index contributed by atoms with van der Waals surface area (Å²) in [5.74, 6) is 0.0443. The van der Waals surface area contributed by atoms with Gasteiger partial charge in [0.2, 0.25) is 5.91 Å². The van der Waals surface area contributed by atoms with E-state index in [2.05, 4.69) is 10.3 Å². The lowest BCUT2D eigenvalue weighted by molar-refractivity contribution is -0.118. The molecule has 1 atom stereocenters. The molecule has 1 aromatic carbocycles. The van der Waals surface area contributed by atoms with Gasteiger partial charge in [-0.3, -0.25) is 14.6 Å². The van der Waals surface area contributed by atoms with Gasteiger partial charge in [0.1, 0.15) is 5.25 Å². The van der Waals surface area contributed by atoms with Crippen molar-refractivity contribution in [3.8, 4) is 0 Å². The standard InChI is InChI=1S/C13H14N2O2S/c1-9(16)15-7-6-14-8-12-13(17)10-4-2-3-5-11(10)18-12/h2-5,8,12H,6-7H2,1H3,(H,15,16). The molecule has 1 heterocycles. The van der Waals surface area contributed by atoms with Crippen LogP contribution >= 0.6 is 11.8 Å². The third kappa shape index (κ3) is 2.98. The van der Waals surface area contributed by atoms with Gasteiger partial charge in [0.05, 0.1) is 6.54 Å². The zero-order valence-corrected chi connectivity index (χ0v) is 10.9. The number of fused-ring (bicyclic) bond motifs is 1. The first kappa shape index (κ1) is 12.8. The number of hydrogen-bond donors (Lipinski definition) is 1. The Morgan fingerprint density at radius 2 is 2.28 bits per heavy atom. The van der Waals surface area contributed by atoms with Crippen LogP contribution in [0.15, 0.2) is 34.2 Å². The molecular formula is C13H14N2O2S. The Morgan fingerprint density at radius 3 is 3.00 bits per heavy atom. The van der Waals surface area contributed by atoms with Crippen LogP contribution in [0.1, 0.15) is 17.3 Å². The Morgan fingerprint density at radius 1 is 1.50 bits per heavy atom. The van der Waals surface area contributed by atoms with Crippen molar-refractivity contribution in [2.75, 3.05) is 13.1 Å². The zero-order chi connectivity index (χ0) is 13.0. The number of nitrogens with one attached hydrogen (secondary N) is 1. The van der Waals surface area contributed by atoms with Crippen LogP contribution < -0.4 is 5.32 Å². The van der Waals surface area contributed by atoms with Gasteiger partial charge in [-0.05, 0) is 6.07 Å². The molecule has 1 amide bonds. The van der Waals surface area contributed by atoms with Gasteiger partial charge >= 0.3 is 0 Å². The van der Waals surface area contributed by atoms with E-state index >= 15 is 0 Å². The lowest BCUT2D eigenvalue weighted by atomic mass is 10.1. The van der Waals surface area contributed by atoms with E-state index in [1.807, 2.05) is 24.3 Å². The molecule has 18 heavy (non-hydrogen) atoms. The summed E-state index contributed by atoms with van der Waals surface area (Å²) >= 11 is 1.52. The lowest BCUT2D eigenvalue weighted by Gasteiger charge is -2.00. The minimum atomic E-state index is -0.222. The zero-order valence-electron chi connectivity index (χ0n) is 10.1. The molecule has 0 saturated heterocycles. The van der Waals surface area contributed by atoms with Gasteiger partial charge in [-0.2, -0.15) is 0 Å². The summed E-state index contributed by atoms with van der Waals surface area (Å²) in [5.41, 5.74) is 0.779. The van der Waals surface area contributed by atoms with Crippen molar-refractivity contribution < 1.29 is 9.59 Å². The van der Waals surface area contributed by atoms with E-state index in [4.69, 9.17) is 0 Å². The Bertz CT molecular complexity index is 500. The smallest absolute Gasteiger partial charge is 0.216 e. The number of nitrogens with zero attached hydrogens (tertiary/aromatic N) is 1. The second kappa shape index (κ2) is 5.82. The fourth-order valence-corrected chi connectivity index (χ4v) is 2.79. The number of hydrogen-bond acceptors (Lipinski definition) is 4. The Labute approximate surface area is 110 Å². The topological polar surface area (TPSA) is 58.5 Å². The highest BCUT2D eigenvalue weighted by Gasteiger charge is 2.29.